The molecule has 0 bridgehead atoms. The lowest BCUT2D eigenvalue weighted by atomic mass is 9.95. The number of hydrogen-bond acceptors (Lipinski definition) is 6. The van der Waals surface area contributed by atoms with Gasteiger partial charge in [-0.2, -0.15) is 5.10 Å². The van der Waals surface area contributed by atoms with Crippen LogP contribution in [-0.2, 0) is 9.84 Å². The first-order chi connectivity index (χ1) is 16.8. The molecule has 2 atom stereocenters. The zero-order chi connectivity index (χ0) is 24.7. The molecule has 184 valence electrons. The third-order valence-corrected chi connectivity index (χ3v) is 8.55. The maximum Gasteiger partial charge on any atom is 0.273 e. The van der Waals surface area contributed by atoms with Crippen LogP contribution in [0.5, 0.6) is 11.5 Å². The number of carbonyl (C=O) groups is 1. The number of hydrogen-bond donors (Lipinski definition) is 2. The topological polar surface area (TPSA) is 113 Å². The maximum absolute atomic E-state index is 13.6. The molecule has 1 fully saturated rings. The molecule has 2 aromatic carbocycles. The molecule has 3 aromatic rings. The highest BCUT2D eigenvalue weighted by molar-refractivity contribution is 7.91. The van der Waals surface area contributed by atoms with Crippen molar-refractivity contribution >= 4 is 27.3 Å². The standard InChI is InChI=1S/C25H26ClN3O5S/c1-2-3-10-34-18-6-4-5-15(12-18)24-21-22(19-13-16(26)7-8-20(19)30)27-28-23(21)25(31)29(24)17-9-11-35(32,33)14-17/h4-8,12-13,17,24,30H,2-3,9-11,14H2,1H3,(H,27,28). The van der Waals surface area contributed by atoms with Crippen molar-refractivity contribution in [3.05, 3.63) is 64.3 Å². The number of rotatable bonds is 7. The van der Waals surface area contributed by atoms with Gasteiger partial charge in [0.2, 0.25) is 0 Å². The summed E-state index contributed by atoms with van der Waals surface area (Å²) in [4.78, 5) is 15.3. The van der Waals surface area contributed by atoms with Crippen molar-refractivity contribution in [1.82, 2.24) is 15.1 Å². The Morgan fingerprint density at radius 3 is 2.83 bits per heavy atom. The largest absolute Gasteiger partial charge is 0.507 e. The minimum absolute atomic E-state index is 0.0200. The molecule has 0 spiro atoms. The van der Waals surface area contributed by atoms with Crippen molar-refractivity contribution in [2.45, 2.75) is 38.3 Å². The summed E-state index contributed by atoms with van der Waals surface area (Å²) in [6.45, 7) is 2.66. The minimum atomic E-state index is -3.23. The molecule has 10 heteroatoms. The molecule has 2 N–H and O–H groups in total. The van der Waals surface area contributed by atoms with E-state index in [1.807, 2.05) is 24.3 Å². The second-order valence-corrected chi connectivity index (χ2v) is 11.6. The fourth-order valence-corrected chi connectivity index (χ4v) is 6.76. The lowest BCUT2D eigenvalue weighted by molar-refractivity contribution is 0.0677. The molecule has 5 rings (SSSR count). The van der Waals surface area contributed by atoms with Crippen LogP contribution in [0.1, 0.15) is 53.8 Å². The molecule has 1 amide bonds. The first-order valence-electron chi connectivity index (χ1n) is 11.6. The number of aromatic amines is 1. The average molecular weight is 516 g/mol. The number of H-pyrrole nitrogens is 1. The lowest BCUT2D eigenvalue weighted by Gasteiger charge is -2.31. The molecule has 2 unspecified atom stereocenters. The monoisotopic (exact) mass is 515 g/mol. The van der Waals surface area contributed by atoms with E-state index in [1.54, 1.807) is 17.0 Å². The van der Waals surface area contributed by atoms with E-state index in [2.05, 4.69) is 17.1 Å². The van der Waals surface area contributed by atoms with E-state index in [-0.39, 0.29) is 28.9 Å². The molecular formula is C25H26ClN3O5S. The second kappa shape index (κ2) is 9.20. The van der Waals surface area contributed by atoms with Crippen LogP contribution in [0.4, 0.5) is 0 Å². The van der Waals surface area contributed by atoms with Crippen LogP contribution in [0.15, 0.2) is 42.5 Å². The summed E-state index contributed by atoms with van der Waals surface area (Å²) in [6.07, 6.45) is 2.29. The van der Waals surface area contributed by atoms with Crippen LogP contribution in [0.3, 0.4) is 0 Å². The molecule has 1 saturated heterocycles. The number of sulfone groups is 1. The van der Waals surface area contributed by atoms with Gasteiger partial charge in [0, 0.05) is 22.2 Å². The van der Waals surface area contributed by atoms with Crippen LogP contribution < -0.4 is 4.74 Å². The van der Waals surface area contributed by atoms with Crippen molar-refractivity contribution in [3.8, 4) is 22.8 Å². The number of phenolic OH excluding ortho intramolecular Hbond substituents is 1. The van der Waals surface area contributed by atoms with Crippen LogP contribution in [-0.4, -0.2) is 58.7 Å². The van der Waals surface area contributed by atoms with Gasteiger partial charge in [-0.25, -0.2) is 8.42 Å². The van der Waals surface area contributed by atoms with Gasteiger partial charge in [-0.1, -0.05) is 37.1 Å². The molecule has 8 nitrogen and oxygen atoms in total. The van der Waals surface area contributed by atoms with Crippen LogP contribution >= 0.6 is 11.6 Å². The van der Waals surface area contributed by atoms with Gasteiger partial charge in [0.1, 0.15) is 22.9 Å². The van der Waals surface area contributed by atoms with E-state index in [1.165, 1.54) is 6.07 Å². The van der Waals surface area contributed by atoms with E-state index < -0.39 is 21.9 Å². The highest BCUT2D eigenvalue weighted by Crippen LogP contribution is 2.47. The van der Waals surface area contributed by atoms with Crippen molar-refractivity contribution in [2.75, 3.05) is 18.1 Å². The maximum atomic E-state index is 13.6. The quantitative estimate of drug-likeness (QED) is 0.452. The van der Waals surface area contributed by atoms with Gasteiger partial charge in [-0.05, 0) is 48.7 Å². The van der Waals surface area contributed by atoms with Gasteiger partial charge in [-0.3, -0.25) is 9.89 Å². The Kier molecular flexibility index (Phi) is 6.23. The highest BCUT2D eigenvalue weighted by Gasteiger charge is 2.48. The number of fused-ring (bicyclic) bond motifs is 1. The van der Waals surface area contributed by atoms with E-state index >= 15 is 0 Å². The Morgan fingerprint density at radius 2 is 2.09 bits per heavy atom. The van der Waals surface area contributed by atoms with Crippen molar-refractivity contribution in [2.24, 2.45) is 0 Å². The molecule has 35 heavy (non-hydrogen) atoms. The molecule has 0 radical (unpaired) electrons. The van der Waals surface area contributed by atoms with Crippen molar-refractivity contribution in [3.63, 3.8) is 0 Å². The number of phenols is 1. The van der Waals surface area contributed by atoms with E-state index in [0.29, 0.717) is 40.6 Å². The third-order valence-electron chi connectivity index (χ3n) is 6.56. The predicted octanol–water partition coefficient (Wildman–Crippen LogP) is 4.35. The normalized spacial score (nSPS) is 20.9. The number of carbonyl (C=O) groups excluding carboxylic acids is 1. The van der Waals surface area contributed by atoms with Gasteiger partial charge in [-0.15, -0.1) is 0 Å². The summed E-state index contributed by atoms with van der Waals surface area (Å²) in [7, 11) is -3.23. The van der Waals surface area contributed by atoms with Crippen molar-refractivity contribution < 1.29 is 23.1 Å². The van der Waals surface area contributed by atoms with Gasteiger partial charge >= 0.3 is 0 Å². The zero-order valence-corrected chi connectivity index (χ0v) is 20.8. The Labute approximate surface area is 208 Å². The number of nitrogens with one attached hydrogen (secondary N) is 1. The number of aromatic nitrogens is 2. The predicted molar refractivity (Wildman–Crippen MR) is 133 cm³/mol. The van der Waals surface area contributed by atoms with Crippen LogP contribution in [0.25, 0.3) is 11.3 Å². The smallest absolute Gasteiger partial charge is 0.273 e. The number of ether oxygens (including phenoxy) is 1. The number of aromatic hydroxyl groups is 1. The van der Waals surface area contributed by atoms with Crippen LogP contribution in [0, 0.1) is 0 Å². The summed E-state index contributed by atoms with van der Waals surface area (Å²) in [5.41, 5.74) is 2.44. The van der Waals surface area contributed by atoms with E-state index in [4.69, 9.17) is 16.3 Å². The summed E-state index contributed by atoms with van der Waals surface area (Å²) in [5.74, 6) is 0.296. The van der Waals surface area contributed by atoms with Crippen LogP contribution in [0.2, 0.25) is 5.02 Å². The number of amides is 1. The molecule has 3 heterocycles. The number of benzene rings is 2. The first-order valence-corrected chi connectivity index (χ1v) is 13.8. The van der Waals surface area contributed by atoms with E-state index in [9.17, 15) is 18.3 Å². The van der Waals surface area contributed by atoms with Gasteiger partial charge in [0.15, 0.2) is 9.84 Å². The van der Waals surface area contributed by atoms with Crippen molar-refractivity contribution in [1.29, 1.82) is 0 Å². The summed E-state index contributed by atoms with van der Waals surface area (Å²) < 4.78 is 30.5. The molecular weight excluding hydrogens is 490 g/mol. The second-order valence-electron chi connectivity index (χ2n) is 8.97. The average Bonchev–Trinajstić information content (AvgIpc) is 3.49. The fraction of sp³-hybridized carbons (Fsp3) is 0.360. The molecule has 1 aromatic heterocycles. The fourth-order valence-electron chi connectivity index (χ4n) is 4.88. The van der Waals surface area contributed by atoms with E-state index in [0.717, 1.165) is 18.4 Å². The lowest BCUT2D eigenvalue weighted by Crippen LogP contribution is -2.40. The summed E-state index contributed by atoms with van der Waals surface area (Å²) in [6, 6.07) is 11.1. The molecule has 2 aliphatic heterocycles. The Balaban J connectivity index is 1.64. The number of nitrogens with zero attached hydrogens (tertiary/aromatic N) is 2. The number of unbranched alkanes of at least 4 members (excludes halogenated alkanes) is 1. The van der Waals surface area contributed by atoms with Gasteiger partial charge in [0.25, 0.3) is 5.91 Å². The molecule has 0 aliphatic carbocycles. The molecule has 0 saturated carbocycles. The summed E-state index contributed by atoms with van der Waals surface area (Å²) in [5, 5.41) is 18.2. The Morgan fingerprint density at radius 1 is 1.26 bits per heavy atom. The van der Waals surface area contributed by atoms with Gasteiger partial charge in [0.05, 0.1) is 24.2 Å². The Bertz CT molecular complexity index is 1390. The number of halogens is 1. The van der Waals surface area contributed by atoms with Gasteiger partial charge < -0.3 is 14.7 Å². The molecule has 2 aliphatic rings. The third kappa shape index (κ3) is 4.38. The zero-order valence-electron chi connectivity index (χ0n) is 19.2. The Hall–Kier alpha value is -3.04. The minimum Gasteiger partial charge on any atom is -0.507 e. The summed E-state index contributed by atoms with van der Waals surface area (Å²) >= 11 is 6.20. The SMILES string of the molecule is CCCCOc1cccc(C2c3c(-c4cc(Cl)ccc4O)n[nH]c3C(=O)N2C2CCS(=O)(=O)C2)c1. The highest BCUT2D eigenvalue weighted by atomic mass is 35.5. The first kappa shape index (κ1) is 23.7.